The second kappa shape index (κ2) is 9.60. The molecule has 0 saturated carbocycles. The van der Waals surface area contributed by atoms with E-state index in [1.807, 2.05) is 18.2 Å². The van der Waals surface area contributed by atoms with Crippen LogP contribution >= 0.6 is 0 Å². The predicted octanol–water partition coefficient (Wildman–Crippen LogP) is 10.1. The highest BCUT2D eigenvalue weighted by Gasteiger charge is 2.21. The Kier molecular flexibility index (Phi) is 5.32. The minimum absolute atomic E-state index is 0.417. The highest BCUT2D eigenvalue weighted by molar-refractivity contribution is 6.13. The molecule has 3 nitrogen and oxygen atoms in total. The molecule has 0 fully saturated rings. The predicted molar refractivity (Wildman–Crippen MR) is 190 cm³/mol. The van der Waals surface area contributed by atoms with Gasteiger partial charge in [0.2, 0.25) is 0 Å². The summed E-state index contributed by atoms with van der Waals surface area (Å²) in [6, 6.07) is 47.6. The smallest absolute Gasteiger partial charge is 0.143 e. The van der Waals surface area contributed by atoms with Crippen molar-refractivity contribution in [3.05, 3.63) is 150 Å². The van der Waals surface area contributed by atoms with E-state index in [1.165, 1.54) is 43.5 Å². The number of para-hydroxylation sites is 4. The maximum atomic E-state index is 6.54. The van der Waals surface area contributed by atoms with E-state index in [-0.39, 0.29) is 0 Å². The first-order valence-corrected chi connectivity index (χ1v) is 16.0. The molecule has 0 bridgehead atoms. The number of aromatic nitrogens is 1. The molecule has 218 valence electrons. The van der Waals surface area contributed by atoms with Crippen LogP contribution < -0.4 is 10.6 Å². The molecule has 3 aromatic heterocycles. The van der Waals surface area contributed by atoms with Crippen LogP contribution in [0.3, 0.4) is 0 Å². The molecule has 1 atom stereocenters. The number of nitrogens with zero attached hydrogens (tertiary/aromatic N) is 1. The van der Waals surface area contributed by atoms with Gasteiger partial charge in [-0.3, -0.25) is 0 Å². The van der Waals surface area contributed by atoms with Crippen LogP contribution in [0.25, 0.3) is 83.2 Å². The van der Waals surface area contributed by atoms with Gasteiger partial charge in [-0.15, -0.1) is 0 Å². The molecule has 0 N–H and O–H groups in total. The molecular weight excluding hydrogens is 562 g/mol. The largest absolute Gasteiger partial charge is 0.456 e. The van der Waals surface area contributed by atoms with Crippen molar-refractivity contribution in [3.8, 4) is 16.8 Å². The second-order valence-electron chi connectivity index (χ2n) is 12.6. The molecular formula is C43H29NO2. The summed E-state index contributed by atoms with van der Waals surface area (Å²) in [6.07, 6.45) is 3.31. The second-order valence-corrected chi connectivity index (χ2v) is 12.6. The zero-order valence-electron chi connectivity index (χ0n) is 25.3. The number of hydrogen-bond donors (Lipinski definition) is 0. The minimum Gasteiger partial charge on any atom is -0.456 e. The monoisotopic (exact) mass is 591 g/mol. The number of benzene rings is 6. The lowest BCUT2D eigenvalue weighted by molar-refractivity contribution is 0.563. The summed E-state index contributed by atoms with van der Waals surface area (Å²) in [5.74, 6) is 0.417. The van der Waals surface area contributed by atoms with Crippen molar-refractivity contribution in [3.63, 3.8) is 0 Å². The SMILES string of the molecule is CC1C=c2c(oc3ccccc23)=C(c2ccc3c(c2)c2cc(-c4cccc5c4oc4ccccc45)ccc2n3-c2ccccc2)C1. The number of furan rings is 2. The molecule has 0 aliphatic heterocycles. The van der Waals surface area contributed by atoms with Crippen molar-refractivity contribution in [2.45, 2.75) is 13.3 Å². The van der Waals surface area contributed by atoms with Crippen LogP contribution in [0.15, 0.2) is 142 Å². The Balaban J connectivity index is 1.26. The van der Waals surface area contributed by atoms with Crippen molar-refractivity contribution in [1.82, 2.24) is 4.57 Å². The molecule has 0 amide bonds. The maximum absolute atomic E-state index is 6.54. The molecule has 1 aliphatic carbocycles. The van der Waals surface area contributed by atoms with E-state index in [4.69, 9.17) is 8.83 Å². The first-order chi connectivity index (χ1) is 22.7. The third-order valence-electron chi connectivity index (χ3n) is 9.73. The normalized spacial score (nSPS) is 14.9. The Morgan fingerprint density at radius 2 is 1.22 bits per heavy atom. The van der Waals surface area contributed by atoms with Crippen molar-refractivity contribution in [1.29, 1.82) is 0 Å². The summed E-state index contributed by atoms with van der Waals surface area (Å²) in [5, 5.41) is 7.13. The van der Waals surface area contributed by atoms with Crippen molar-refractivity contribution < 1.29 is 8.83 Å². The summed E-state index contributed by atoms with van der Waals surface area (Å²) in [4.78, 5) is 0. The lowest BCUT2D eigenvalue weighted by atomic mass is 9.89. The number of hydrogen-bond acceptors (Lipinski definition) is 2. The zero-order chi connectivity index (χ0) is 30.4. The van der Waals surface area contributed by atoms with Gasteiger partial charge in [0, 0.05) is 49.0 Å². The molecule has 10 rings (SSSR count). The zero-order valence-corrected chi connectivity index (χ0v) is 25.3. The highest BCUT2D eigenvalue weighted by atomic mass is 16.3. The summed E-state index contributed by atoms with van der Waals surface area (Å²) in [6.45, 7) is 2.30. The molecule has 1 aliphatic rings. The molecule has 6 aromatic carbocycles. The van der Waals surface area contributed by atoms with Crippen molar-refractivity contribution in [2.24, 2.45) is 5.92 Å². The third kappa shape index (κ3) is 3.66. The van der Waals surface area contributed by atoms with Crippen LogP contribution in [0.1, 0.15) is 18.9 Å². The van der Waals surface area contributed by atoms with Gasteiger partial charge < -0.3 is 13.4 Å². The van der Waals surface area contributed by atoms with Crippen LogP contribution in [-0.2, 0) is 0 Å². The summed E-state index contributed by atoms with van der Waals surface area (Å²) in [7, 11) is 0. The first-order valence-electron chi connectivity index (χ1n) is 16.0. The fraction of sp³-hybridized carbons (Fsp3) is 0.0698. The molecule has 9 aromatic rings. The van der Waals surface area contributed by atoms with E-state index in [1.54, 1.807) is 0 Å². The summed E-state index contributed by atoms with van der Waals surface area (Å²) in [5.41, 5.74) is 12.0. The third-order valence-corrected chi connectivity index (χ3v) is 9.73. The van der Waals surface area contributed by atoms with E-state index >= 15 is 0 Å². The molecule has 3 heterocycles. The van der Waals surface area contributed by atoms with Crippen molar-refractivity contribution in [2.75, 3.05) is 0 Å². The van der Waals surface area contributed by atoms with Crippen molar-refractivity contribution >= 4 is 66.4 Å². The topological polar surface area (TPSA) is 31.2 Å². The fourth-order valence-corrected chi connectivity index (χ4v) is 7.67. The molecule has 0 radical (unpaired) electrons. The van der Waals surface area contributed by atoms with Gasteiger partial charge in [0.05, 0.1) is 11.0 Å². The molecule has 46 heavy (non-hydrogen) atoms. The van der Waals surface area contributed by atoms with Gasteiger partial charge in [-0.1, -0.05) is 97.9 Å². The highest BCUT2D eigenvalue weighted by Crippen LogP contribution is 2.40. The molecule has 1 unspecified atom stereocenters. The standard InChI is InChI=1S/C43H29NO2/c1-26-22-34(43-37(23-26)32-13-6-8-17-41(32)46-43)28-19-21-39-36(25-28)35-24-27(18-20-38(35)44(39)29-10-3-2-4-11-29)30-14-9-15-33-31-12-5-7-16-40(31)45-42(30)33/h2-21,23-26H,22H2,1H3. The Bertz CT molecular complexity index is 2790. The molecule has 3 heteroatoms. The molecule has 0 saturated heterocycles. The average Bonchev–Trinajstić information content (AvgIpc) is 3.77. The van der Waals surface area contributed by atoms with E-state index in [0.717, 1.165) is 56.2 Å². The van der Waals surface area contributed by atoms with Gasteiger partial charge in [0.1, 0.15) is 22.2 Å². The van der Waals surface area contributed by atoms with Crippen LogP contribution in [0.2, 0.25) is 0 Å². The average molecular weight is 592 g/mol. The Morgan fingerprint density at radius 1 is 0.565 bits per heavy atom. The van der Waals surface area contributed by atoms with E-state index in [9.17, 15) is 0 Å². The Morgan fingerprint density at radius 3 is 2.02 bits per heavy atom. The molecule has 0 spiro atoms. The van der Waals surface area contributed by atoms with E-state index in [2.05, 4.69) is 133 Å². The quantitative estimate of drug-likeness (QED) is 0.205. The van der Waals surface area contributed by atoms with E-state index in [0.29, 0.717) is 5.92 Å². The van der Waals surface area contributed by atoms with Crippen LogP contribution in [0.4, 0.5) is 0 Å². The minimum atomic E-state index is 0.417. The van der Waals surface area contributed by atoms with Crippen LogP contribution in [-0.4, -0.2) is 4.57 Å². The number of rotatable bonds is 3. The summed E-state index contributed by atoms with van der Waals surface area (Å²) < 4.78 is 15.4. The number of fused-ring (bicyclic) bond motifs is 9. The Hall–Kier alpha value is -5.80. The lowest BCUT2D eigenvalue weighted by Crippen LogP contribution is -2.29. The van der Waals surface area contributed by atoms with Crippen LogP contribution in [0.5, 0.6) is 0 Å². The Labute approximate surface area is 264 Å². The van der Waals surface area contributed by atoms with Gasteiger partial charge in [0.15, 0.2) is 0 Å². The van der Waals surface area contributed by atoms with Gasteiger partial charge >= 0.3 is 0 Å². The van der Waals surface area contributed by atoms with Crippen LogP contribution in [0, 0.1) is 5.92 Å². The maximum Gasteiger partial charge on any atom is 0.143 e. The van der Waals surface area contributed by atoms with Gasteiger partial charge in [-0.25, -0.2) is 0 Å². The summed E-state index contributed by atoms with van der Waals surface area (Å²) >= 11 is 0. The fourth-order valence-electron chi connectivity index (χ4n) is 7.67. The first kappa shape index (κ1) is 25.5. The lowest BCUT2D eigenvalue weighted by Gasteiger charge is -2.14. The van der Waals surface area contributed by atoms with Gasteiger partial charge in [-0.05, 0) is 72.0 Å². The van der Waals surface area contributed by atoms with Gasteiger partial charge in [-0.2, -0.15) is 0 Å². The van der Waals surface area contributed by atoms with Gasteiger partial charge in [0.25, 0.3) is 0 Å². The van der Waals surface area contributed by atoms with E-state index < -0.39 is 0 Å².